The first kappa shape index (κ1) is 14.8. The van der Waals surface area contributed by atoms with Crippen LogP contribution in [0.1, 0.15) is 25.3 Å². The van der Waals surface area contributed by atoms with Crippen molar-refractivity contribution in [3.8, 4) is 11.8 Å². The van der Waals surface area contributed by atoms with Crippen molar-refractivity contribution in [2.24, 2.45) is 5.41 Å². The molecule has 4 heteroatoms. The van der Waals surface area contributed by atoms with Gasteiger partial charge >= 0.3 is 0 Å². The molecule has 1 atom stereocenters. The van der Waals surface area contributed by atoms with Gasteiger partial charge in [-0.25, -0.2) is 0 Å². The van der Waals surface area contributed by atoms with E-state index in [0.29, 0.717) is 17.9 Å². The van der Waals surface area contributed by atoms with Gasteiger partial charge in [-0.3, -0.25) is 4.90 Å². The topological polar surface area (TPSA) is 56.5 Å². The van der Waals surface area contributed by atoms with Gasteiger partial charge in [-0.05, 0) is 31.5 Å². The minimum atomic E-state index is 0.0167. The van der Waals surface area contributed by atoms with Crippen molar-refractivity contribution < 1.29 is 9.84 Å². The Hall–Kier alpha value is -1.57. The van der Waals surface area contributed by atoms with Crippen LogP contribution in [0.15, 0.2) is 24.3 Å². The molecule has 0 aliphatic carbocycles. The number of ether oxygens (including phenoxy) is 1. The summed E-state index contributed by atoms with van der Waals surface area (Å²) in [7, 11) is 0. The lowest BCUT2D eigenvalue weighted by Gasteiger charge is -2.39. The molecule has 20 heavy (non-hydrogen) atoms. The molecule has 2 rings (SSSR count). The number of likely N-dealkylation sites (tertiary alicyclic amines) is 1. The minimum Gasteiger partial charge on any atom is -0.491 e. The molecule has 1 aromatic rings. The van der Waals surface area contributed by atoms with Gasteiger partial charge in [0.15, 0.2) is 0 Å². The second-order valence-corrected chi connectivity index (χ2v) is 5.80. The third-order valence-electron chi connectivity index (χ3n) is 3.91. The van der Waals surface area contributed by atoms with Crippen LogP contribution in [0.5, 0.6) is 5.75 Å². The van der Waals surface area contributed by atoms with E-state index in [0.717, 1.165) is 32.5 Å². The summed E-state index contributed by atoms with van der Waals surface area (Å²) in [4.78, 5) is 2.33. The lowest BCUT2D eigenvalue weighted by atomic mass is 9.83. The van der Waals surface area contributed by atoms with Crippen LogP contribution in [-0.2, 0) is 0 Å². The second-order valence-electron chi connectivity index (χ2n) is 5.80. The van der Waals surface area contributed by atoms with Crippen LogP contribution in [0.4, 0.5) is 0 Å². The van der Waals surface area contributed by atoms with Gasteiger partial charge in [0.1, 0.15) is 18.4 Å². The molecule has 0 spiro atoms. The summed E-state index contributed by atoms with van der Waals surface area (Å²) in [5.41, 5.74) is 0.592. The zero-order chi connectivity index (χ0) is 14.4. The number of nitriles is 1. The maximum Gasteiger partial charge on any atom is 0.137 e. The first-order chi connectivity index (χ1) is 9.67. The fraction of sp³-hybridized carbons (Fsp3) is 0.562. The summed E-state index contributed by atoms with van der Waals surface area (Å²) in [6.07, 6.45) is 2.20. The number of rotatable bonds is 5. The molecule has 1 aliphatic rings. The molecule has 0 aromatic heterocycles. The van der Waals surface area contributed by atoms with Crippen LogP contribution in [0.3, 0.4) is 0 Å². The Bertz CT molecular complexity index is 484. The second kappa shape index (κ2) is 6.74. The first-order valence-corrected chi connectivity index (χ1v) is 7.12. The van der Waals surface area contributed by atoms with Gasteiger partial charge in [-0.15, -0.1) is 0 Å². The standard InChI is InChI=1S/C16H22N2O2/c1-16(13-19)7-4-8-18(12-16)9-10-20-15-6-3-2-5-14(15)11-17/h2-3,5-6,19H,4,7-10,12-13H2,1H3. The van der Waals surface area contributed by atoms with Crippen molar-refractivity contribution >= 4 is 0 Å². The Kier molecular flexibility index (Phi) is 4.99. The van der Waals surface area contributed by atoms with E-state index in [2.05, 4.69) is 17.9 Å². The molecule has 4 nitrogen and oxygen atoms in total. The Balaban J connectivity index is 1.83. The van der Waals surface area contributed by atoms with Gasteiger partial charge in [-0.1, -0.05) is 19.1 Å². The molecule has 0 bridgehead atoms. The summed E-state index contributed by atoms with van der Waals surface area (Å²) >= 11 is 0. The molecule has 1 fully saturated rings. The predicted octanol–water partition coefficient (Wildman–Crippen LogP) is 2.03. The number of piperidine rings is 1. The van der Waals surface area contributed by atoms with E-state index in [9.17, 15) is 5.11 Å². The molecule has 108 valence electrons. The van der Waals surface area contributed by atoms with Crippen LogP contribution < -0.4 is 4.74 Å². The normalized spacial score (nSPS) is 23.2. The molecule has 1 unspecified atom stereocenters. The Morgan fingerprint density at radius 1 is 1.45 bits per heavy atom. The van der Waals surface area contributed by atoms with Gasteiger partial charge in [0, 0.05) is 25.1 Å². The zero-order valence-corrected chi connectivity index (χ0v) is 12.0. The number of para-hydroxylation sites is 1. The third-order valence-corrected chi connectivity index (χ3v) is 3.91. The van der Waals surface area contributed by atoms with E-state index >= 15 is 0 Å². The van der Waals surface area contributed by atoms with E-state index < -0.39 is 0 Å². The highest BCUT2D eigenvalue weighted by Crippen LogP contribution is 2.28. The highest BCUT2D eigenvalue weighted by atomic mass is 16.5. The summed E-state index contributed by atoms with van der Waals surface area (Å²) in [6.45, 7) is 5.73. The maximum atomic E-state index is 9.45. The van der Waals surface area contributed by atoms with Crippen molar-refractivity contribution in [1.29, 1.82) is 5.26 Å². The molecular formula is C16H22N2O2. The van der Waals surface area contributed by atoms with Crippen molar-refractivity contribution in [1.82, 2.24) is 4.90 Å². The highest BCUT2D eigenvalue weighted by molar-refractivity contribution is 5.42. The van der Waals surface area contributed by atoms with Crippen LogP contribution in [0, 0.1) is 16.7 Å². The maximum absolute atomic E-state index is 9.45. The fourth-order valence-corrected chi connectivity index (χ4v) is 2.72. The van der Waals surface area contributed by atoms with Crippen LogP contribution in [-0.4, -0.2) is 42.9 Å². The van der Waals surface area contributed by atoms with E-state index in [1.807, 2.05) is 18.2 Å². The number of aliphatic hydroxyl groups is 1. The molecule has 1 aromatic carbocycles. The number of aliphatic hydroxyl groups excluding tert-OH is 1. The van der Waals surface area contributed by atoms with Crippen molar-refractivity contribution in [3.05, 3.63) is 29.8 Å². The number of benzene rings is 1. The summed E-state index contributed by atoms with van der Waals surface area (Å²) in [6, 6.07) is 9.43. The smallest absolute Gasteiger partial charge is 0.137 e. The lowest BCUT2D eigenvalue weighted by Crippen LogP contribution is -2.45. The molecule has 1 heterocycles. The van der Waals surface area contributed by atoms with E-state index in [4.69, 9.17) is 10.00 Å². The van der Waals surface area contributed by atoms with Gasteiger partial charge in [0.2, 0.25) is 0 Å². The van der Waals surface area contributed by atoms with E-state index in [-0.39, 0.29) is 12.0 Å². The fourth-order valence-electron chi connectivity index (χ4n) is 2.72. The molecule has 0 amide bonds. The first-order valence-electron chi connectivity index (χ1n) is 7.12. The zero-order valence-electron chi connectivity index (χ0n) is 12.0. The van der Waals surface area contributed by atoms with Gasteiger partial charge in [0.25, 0.3) is 0 Å². The SMILES string of the molecule is CC1(CO)CCCN(CCOc2ccccc2C#N)C1. The number of nitrogens with zero attached hydrogens (tertiary/aromatic N) is 2. The van der Waals surface area contributed by atoms with Crippen LogP contribution in [0.2, 0.25) is 0 Å². The molecular weight excluding hydrogens is 252 g/mol. The van der Waals surface area contributed by atoms with Crippen molar-refractivity contribution in [3.63, 3.8) is 0 Å². The highest BCUT2D eigenvalue weighted by Gasteiger charge is 2.29. The van der Waals surface area contributed by atoms with Crippen LogP contribution >= 0.6 is 0 Å². The Morgan fingerprint density at radius 2 is 2.25 bits per heavy atom. The summed E-state index contributed by atoms with van der Waals surface area (Å²) in [5, 5.41) is 18.4. The average Bonchev–Trinajstić information content (AvgIpc) is 2.48. The Labute approximate surface area is 120 Å². The quantitative estimate of drug-likeness (QED) is 0.892. The lowest BCUT2D eigenvalue weighted by molar-refractivity contribution is 0.0406. The van der Waals surface area contributed by atoms with Gasteiger partial charge in [-0.2, -0.15) is 5.26 Å². The van der Waals surface area contributed by atoms with Gasteiger partial charge < -0.3 is 9.84 Å². The Morgan fingerprint density at radius 3 is 3.00 bits per heavy atom. The van der Waals surface area contributed by atoms with Gasteiger partial charge in [0.05, 0.1) is 5.56 Å². The predicted molar refractivity (Wildman–Crippen MR) is 77.5 cm³/mol. The summed E-state index contributed by atoms with van der Waals surface area (Å²) < 4.78 is 5.71. The molecule has 1 saturated heterocycles. The minimum absolute atomic E-state index is 0.0167. The van der Waals surface area contributed by atoms with E-state index in [1.165, 1.54) is 0 Å². The van der Waals surface area contributed by atoms with E-state index in [1.54, 1.807) is 6.07 Å². The largest absolute Gasteiger partial charge is 0.491 e. The molecule has 1 N–H and O–H groups in total. The molecule has 0 radical (unpaired) electrons. The number of hydrogen-bond donors (Lipinski definition) is 1. The molecule has 1 aliphatic heterocycles. The van der Waals surface area contributed by atoms with Crippen molar-refractivity contribution in [2.45, 2.75) is 19.8 Å². The van der Waals surface area contributed by atoms with Crippen LogP contribution in [0.25, 0.3) is 0 Å². The number of hydrogen-bond acceptors (Lipinski definition) is 4. The van der Waals surface area contributed by atoms with Crippen molar-refractivity contribution in [2.75, 3.05) is 32.8 Å². The monoisotopic (exact) mass is 274 g/mol. The average molecular weight is 274 g/mol. The molecule has 0 saturated carbocycles. The third kappa shape index (κ3) is 3.72. The summed E-state index contributed by atoms with van der Waals surface area (Å²) in [5.74, 6) is 0.650.